The molecule has 27 heavy (non-hydrogen) atoms. The minimum Gasteiger partial charge on any atom is -0.378 e. The molecular weight excluding hydrogens is 334 g/mol. The van der Waals surface area contributed by atoms with Crippen molar-refractivity contribution in [2.24, 2.45) is 0 Å². The van der Waals surface area contributed by atoms with E-state index < -0.39 is 0 Å². The first-order valence-electron chi connectivity index (χ1n) is 9.64. The fourth-order valence-electron chi connectivity index (χ4n) is 3.06. The summed E-state index contributed by atoms with van der Waals surface area (Å²) in [5.41, 5.74) is 4.34. The van der Waals surface area contributed by atoms with Crippen LogP contribution in [-0.4, -0.2) is 36.3 Å². The predicted molar refractivity (Wildman–Crippen MR) is 112 cm³/mol. The fourth-order valence-corrected chi connectivity index (χ4v) is 3.06. The molecule has 1 aliphatic rings. The Balaban J connectivity index is 0.00000102. The molecule has 0 saturated carbocycles. The molecule has 0 N–H and O–H groups in total. The Morgan fingerprint density at radius 1 is 0.815 bits per heavy atom. The topological polar surface area (TPSA) is 38.2 Å². The molecular formula is C23H27N3O. The molecule has 0 radical (unpaired) electrons. The number of nitrogens with zero attached hydrogens (tertiary/aromatic N) is 3. The van der Waals surface area contributed by atoms with E-state index in [1.807, 2.05) is 32.0 Å². The Bertz CT molecular complexity index is 859. The smallest absolute Gasteiger partial charge is 0.162 e. The maximum Gasteiger partial charge on any atom is 0.162 e. The van der Waals surface area contributed by atoms with Gasteiger partial charge in [-0.05, 0) is 13.0 Å². The molecule has 0 aliphatic carbocycles. The minimum absolute atomic E-state index is 0.741. The Morgan fingerprint density at radius 3 is 2.22 bits per heavy atom. The van der Waals surface area contributed by atoms with E-state index in [1.165, 1.54) is 5.56 Å². The Morgan fingerprint density at radius 2 is 1.52 bits per heavy atom. The number of aromatic nitrogens is 2. The van der Waals surface area contributed by atoms with Gasteiger partial charge in [-0.25, -0.2) is 9.97 Å². The van der Waals surface area contributed by atoms with E-state index in [1.54, 1.807) is 0 Å². The monoisotopic (exact) mass is 361 g/mol. The van der Waals surface area contributed by atoms with Crippen LogP contribution in [0.2, 0.25) is 0 Å². The van der Waals surface area contributed by atoms with Crippen LogP contribution < -0.4 is 4.90 Å². The molecule has 0 bridgehead atoms. The molecule has 0 unspecified atom stereocenters. The second-order valence-electron chi connectivity index (χ2n) is 6.27. The molecule has 2 heterocycles. The summed E-state index contributed by atoms with van der Waals surface area (Å²) < 4.78 is 5.48. The van der Waals surface area contributed by atoms with Crippen molar-refractivity contribution < 1.29 is 4.74 Å². The van der Waals surface area contributed by atoms with Crippen molar-refractivity contribution in [1.29, 1.82) is 0 Å². The highest BCUT2D eigenvalue weighted by atomic mass is 16.5. The quantitative estimate of drug-likeness (QED) is 0.659. The van der Waals surface area contributed by atoms with Crippen molar-refractivity contribution >= 4 is 5.82 Å². The first-order valence-corrected chi connectivity index (χ1v) is 9.64. The van der Waals surface area contributed by atoms with Gasteiger partial charge >= 0.3 is 0 Å². The molecule has 1 fully saturated rings. The molecule has 1 aliphatic heterocycles. The van der Waals surface area contributed by atoms with Crippen molar-refractivity contribution in [3.8, 4) is 22.6 Å². The van der Waals surface area contributed by atoms with Gasteiger partial charge in [-0.1, -0.05) is 67.9 Å². The first kappa shape index (κ1) is 19.1. The van der Waals surface area contributed by atoms with E-state index in [4.69, 9.17) is 14.7 Å². The second-order valence-corrected chi connectivity index (χ2v) is 6.27. The van der Waals surface area contributed by atoms with Gasteiger partial charge in [-0.3, -0.25) is 0 Å². The van der Waals surface area contributed by atoms with E-state index in [9.17, 15) is 0 Å². The molecule has 4 nitrogen and oxygen atoms in total. The van der Waals surface area contributed by atoms with Crippen LogP contribution in [0, 0.1) is 6.92 Å². The molecule has 140 valence electrons. The SMILES string of the molecule is CC.Cc1cccc(-c2cc(N3CCOCC3)nc(-c3ccccc3)n2)c1. The largest absolute Gasteiger partial charge is 0.378 e. The highest BCUT2D eigenvalue weighted by Crippen LogP contribution is 2.27. The van der Waals surface area contributed by atoms with E-state index in [0.29, 0.717) is 0 Å². The van der Waals surface area contributed by atoms with Gasteiger partial charge in [0, 0.05) is 30.3 Å². The lowest BCUT2D eigenvalue weighted by atomic mass is 10.1. The van der Waals surface area contributed by atoms with Crippen LogP contribution in [0.4, 0.5) is 5.82 Å². The normalized spacial score (nSPS) is 13.7. The van der Waals surface area contributed by atoms with Crippen molar-refractivity contribution in [2.45, 2.75) is 20.8 Å². The minimum atomic E-state index is 0.741. The molecule has 0 atom stereocenters. The molecule has 1 aromatic heterocycles. The van der Waals surface area contributed by atoms with Crippen molar-refractivity contribution in [3.05, 3.63) is 66.2 Å². The van der Waals surface area contributed by atoms with Crippen LogP contribution in [0.3, 0.4) is 0 Å². The number of aryl methyl sites for hydroxylation is 1. The Kier molecular flexibility index (Phi) is 6.55. The standard InChI is InChI=1S/C21H21N3O.C2H6/c1-16-6-5-9-18(14-16)19-15-20(24-10-12-25-13-11-24)23-21(22-19)17-7-3-2-4-8-17;1-2/h2-9,14-15H,10-13H2,1H3;1-2H3. The third kappa shape index (κ3) is 4.72. The van der Waals surface area contributed by atoms with E-state index in [2.05, 4.69) is 54.3 Å². The number of rotatable bonds is 3. The maximum atomic E-state index is 5.48. The van der Waals surface area contributed by atoms with Crippen LogP contribution in [0.5, 0.6) is 0 Å². The van der Waals surface area contributed by atoms with Crippen molar-refractivity contribution in [1.82, 2.24) is 9.97 Å². The van der Waals surface area contributed by atoms with Gasteiger partial charge < -0.3 is 9.64 Å². The van der Waals surface area contributed by atoms with Crippen LogP contribution in [-0.2, 0) is 4.74 Å². The van der Waals surface area contributed by atoms with Gasteiger partial charge in [0.05, 0.1) is 18.9 Å². The lowest BCUT2D eigenvalue weighted by molar-refractivity contribution is 0.122. The third-order valence-electron chi connectivity index (χ3n) is 4.39. The first-order chi connectivity index (χ1) is 13.3. The molecule has 0 amide bonds. The Labute approximate surface area is 161 Å². The lowest BCUT2D eigenvalue weighted by Crippen LogP contribution is -2.36. The zero-order chi connectivity index (χ0) is 19.1. The number of ether oxygens (including phenoxy) is 1. The lowest BCUT2D eigenvalue weighted by Gasteiger charge is -2.28. The second kappa shape index (κ2) is 9.28. The summed E-state index contributed by atoms with van der Waals surface area (Å²) >= 11 is 0. The summed E-state index contributed by atoms with van der Waals surface area (Å²) in [6.45, 7) is 9.30. The Hall–Kier alpha value is -2.72. The summed E-state index contributed by atoms with van der Waals surface area (Å²) in [6.07, 6.45) is 0. The molecule has 4 heteroatoms. The van der Waals surface area contributed by atoms with Gasteiger partial charge in [0.15, 0.2) is 5.82 Å². The fraction of sp³-hybridized carbons (Fsp3) is 0.304. The predicted octanol–water partition coefficient (Wildman–Crippen LogP) is 4.98. The number of benzene rings is 2. The van der Waals surface area contributed by atoms with Crippen LogP contribution >= 0.6 is 0 Å². The van der Waals surface area contributed by atoms with Gasteiger partial charge in [-0.15, -0.1) is 0 Å². The molecule has 1 saturated heterocycles. The average Bonchev–Trinajstić information content (AvgIpc) is 2.76. The number of hydrogen-bond donors (Lipinski definition) is 0. The molecule has 4 rings (SSSR count). The maximum absolute atomic E-state index is 5.48. The van der Waals surface area contributed by atoms with Crippen molar-refractivity contribution in [3.63, 3.8) is 0 Å². The van der Waals surface area contributed by atoms with E-state index in [-0.39, 0.29) is 0 Å². The average molecular weight is 361 g/mol. The summed E-state index contributed by atoms with van der Waals surface area (Å²) in [4.78, 5) is 12.0. The molecule has 3 aromatic rings. The molecule has 2 aromatic carbocycles. The highest BCUT2D eigenvalue weighted by molar-refractivity contribution is 5.68. The third-order valence-corrected chi connectivity index (χ3v) is 4.39. The summed E-state index contributed by atoms with van der Waals surface area (Å²) in [5, 5.41) is 0. The highest BCUT2D eigenvalue weighted by Gasteiger charge is 2.16. The summed E-state index contributed by atoms with van der Waals surface area (Å²) in [6, 6.07) is 20.7. The van der Waals surface area contributed by atoms with Crippen LogP contribution in [0.15, 0.2) is 60.7 Å². The van der Waals surface area contributed by atoms with Crippen molar-refractivity contribution in [2.75, 3.05) is 31.2 Å². The molecule has 0 spiro atoms. The van der Waals surface area contributed by atoms with Crippen LogP contribution in [0.1, 0.15) is 19.4 Å². The zero-order valence-electron chi connectivity index (χ0n) is 16.4. The van der Waals surface area contributed by atoms with Gasteiger partial charge in [0.2, 0.25) is 0 Å². The zero-order valence-corrected chi connectivity index (χ0v) is 16.4. The number of morpholine rings is 1. The summed E-state index contributed by atoms with van der Waals surface area (Å²) in [5.74, 6) is 1.73. The number of hydrogen-bond acceptors (Lipinski definition) is 4. The van der Waals surface area contributed by atoms with Gasteiger partial charge in [-0.2, -0.15) is 0 Å². The van der Waals surface area contributed by atoms with Crippen LogP contribution in [0.25, 0.3) is 22.6 Å². The van der Waals surface area contributed by atoms with Gasteiger partial charge in [0.1, 0.15) is 5.82 Å². The van der Waals surface area contributed by atoms with E-state index >= 15 is 0 Å². The van der Waals surface area contributed by atoms with E-state index in [0.717, 1.165) is 54.8 Å². The number of anilines is 1. The van der Waals surface area contributed by atoms with Gasteiger partial charge in [0.25, 0.3) is 0 Å². The summed E-state index contributed by atoms with van der Waals surface area (Å²) in [7, 11) is 0.